The van der Waals surface area contributed by atoms with Crippen LogP contribution in [0.25, 0.3) is 0 Å². The van der Waals surface area contributed by atoms with E-state index in [2.05, 4.69) is 17.1 Å². The fourth-order valence-electron chi connectivity index (χ4n) is 2.15. The molecule has 0 aromatic heterocycles. The maximum absolute atomic E-state index is 5.32. The molecule has 3 heteroatoms. The number of rotatable bonds is 6. The predicted octanol–water partition coefficient (Wildman–Crippen LogP) is 0.849. The lowest BCUT2D eigenvalue weighted by Crippen LogP contribution is -2.38. The van der Waals surface area contributed by atoms with Gasteiger partial charge >= 0.3 is 0 Å². The summed E-state index contributed by atoms with van der Waals surface area (Å²) in [5.74, 6) is 0. The summed E-state index contributed by atoms with van der Waals surface area (Å²) in [5, 5.41) is 3.56. The fourth-order valence-corrected chi connectivity index (χ4v) is 2.15. The van der Waals surface area contributed by atoms with Crippen LogP contribution in [0.2, 0.25) is 0 Å². The average molecular weight is 198 g/mol. The lowest BCUT2D eigenvalue weighted by atomic mass is 10.2. The zero-order valence-electron chi connectivity index (χ0n) is 9.17. The molecule has 1 saturated carbocycles. The monoisotopic (exact) mass is 198 g/mol. The zero-order valence-corrected chi connectivity index (χ0v) is 9.17. The van der Waals surface area contributed by atoms with Crippen LogP contribution in [0, 0.1) is 0 Å². The van der Waals surface area contributed by atoms with Crippen molar-refractivity contribution >= 4 is 0 Å². The van der Waals surface area contributed by atoms with Crippen LogP contribution in [0.5, 0.6) is 0 Å². The summed E-state index contributed by atoms with van der Waals surface area (Å²) in [6.45, 7) is 7.65. The minimum Gasteiger partial charge on any atom is -0.380 e. The summed E-state index contributed by atoms with van der Waals surface area (Å²) in [6.07, 6.45) is 4.02. The molecule has 1 aliphatic carbocycles. The molecule has 0 amide bonds. The largest absolute Gasteiger partial charge is 0.380 e. The molecule has 14 heavy (non-hydrogen) atoms. The number of nitrogens with one attached hydrogen (secondary N) is 1. The lowest BCUT2D eigenvalue weighted by molar-refractivity contribution is 0.188. The first-order valence-electron chi connectivity index (χ1n) is 5.95. The van der Waals surface area contributed by atoms with E-state index in [0.717, 1.165) is 25.8 Å². The van der Waals surface area contributed by atoms with Gasteiger partial charge in [0.05, 0.1) is 6.61 Å². The molecular weight excluding hydrogens is 176 g/mol. The second kappa shape index (κ2) is 5.10. The molecule has 1 saturated heterocycles. The van der Waals surface area contributed by atoms with Gasteiger partial charge in [0, 0.05) is 31.8 Å². The van der Waals surface area contributed by atoms with Crippen molar-refractivity contribution in [1.29, 1.82) is 0 Å². The van der Waals surface area contributed by atoms with E-state index in [1.165, 1.54) is 32.4 Å². The zero-order chi connectivity index (χ0) is 9.80. The summed E-state index contributed by atoms with van der Waals surface area (Å²) in [6, 6.07) is 1.52. The van der Waals surface area contributed by atoms with Gasteiger partial charge in [-0.25, -0.2) is 0 Å². The Morgan fingerprint density at radius 2 is 2.21 bits per heavy atom. The number of hydrogen-bond acceptors (Lipinski definition) is 3. The van der Waals surface area contributed by atoms with Crippen molar-refractivity contribution in [2.24, 2.45) is 0 Å². The van der Waals surface area contributed by atoms with E-state index in [-0.39, 0.29) is 0 Å². The van der Waals surface area contributed by atoms with E-state index in [4.69, 9.17) is 4.74 Å². The van der Waals surface area contributed by atoms with Crippen LogP contribution >= 0.6 is 0 Å². The van der Waals surface area contributed by atoms with Gasteiger partial charge in [0.2, 0.25) is 0 Å². The average Bonchev–Trinajstić information content (AvgIpc) is 2.91. The predicted molar refractivity (Wildman–Crippen MR) is 57.5 cm³/mol. The first-order valence-corrected chi connectivity index (χ1v) is 5.95. The van der Waals surface area contributed by atoms with Crippen LogP contribution in [0.1, 0.15) is 26.2 Å². The van der Waals surface area contributed by atoms with Gasteiger partial charge in [-0.05, 0) is 25.8 Å². The topological polar surface area (TPSA) is 24.5 Å². The summed E-state index contributed by atoms with van der Waals surface area (Å²) < 4.78 is 5.32. The van der Waals surface area contributed by atoms with Gasteiger partial charge in [0.15, 0.2) is 0 Å². The lowest BCUT2D eigenvalue weighted by Gasteiger charge is -2.21. The van der Waals surface area contributed by atoms with Crippen molar-refractivity contribution in [1.82, 2.24) is 10.2 Å². The third-order valence-corrected chi connectivity index (χ3v) is 3.23. The molecular formula is C11H22N2O. The SMILES string of the molecule is CCN(CCNC1CCOC1)C1CC1. The van der Waals surface area contributed by atoms with Crippen LogP contribution in [0.4, 0.5) is 0 Å². The molecule has 1 aliphatic heterocycles. The minimum atomic E-state index is 0.618. The van der Waals surface area contributed by atoms with Crippen LogP contribution in [0.3, 0.4) is 0 Å². The molecule has 1 heterocycles. The van der Waals surface area contributed by atoms with E-state index < -0.39 is 0 Å². The van der Waals surface area contributed by atoms with Crippen LogP contribution in [-0.2, 0) is 4.74 Å². The molecule has 0 aromatic rings. The van der Waals surface area contributed by atoms with Crippen molar-refractivity contribution in [3.8, 4) is 0 Å². The van der Waals surface area contributed by atoms with Crippen molar-refractivity contribution < 1.29 is 4.74 Å². The molecule has 0 bridgehead atoms. The van der Waals surface area contributed by atoms with E-state index in [0.29, 0.717) is 6.04 Å². The molecule has 2 fully saturated rings. The standard InChI is InChI=1S/C11H22N2O/c1-2-13(11-3-4-11)7-6-12-10-5-8-14-9-10/h10-12H,2-9H2,1H3. The molecule has 3 nitrogen and oxygen atoms in total. The molecule has 0 radical (unpaired) electrons. The summed E-state index contributed by atoms with van der Waals surface area (Å²) >= 11 is 0. The van der Waals surface area contributed by atoms with Crippen molar-refractivity contribution in [2.75, 3.05) is 32.8 Å². The summed E-state index contributed by atoms with van der Waals surface area (Å²) in [4.78, 5) is 2.59. The van der Waals surface area contributed by atoms with Gasteiger partial charge in [-0.15, -0.1) is 0 Å². The van der Waals surface area contributed by atoms with Gasteiger partial charge in [0.1, 0.15) is 0 Å². The maximum atomic E-state index is 5.32. The van der Waals surface area contributed by atoms with Crippen LogP contribution in [0.15, 0.2) is 0 Å². The number of hydrogen-bond donors (Lipinski definition) is 1. The Balaban J connectivity index is 1.56. The fraction of sp³-hybridized carbons (Fsp3) is 1.00. The number of likely N-dealkylation sites (N-methyl/N-ethyl adjacent to an activating group) is 1. The Kier molecular flexibility index (Phi) is 3.79. The van der Waals surface area contributed by atoms with Crippen molar-refractivity contribution in [3.05, 3.63) is 0 Å². The first-order chi connectivity index (χ1) is 6.90. The summed E-state index contributed by atoms with van der Waals surface area (Å²) in [5.41, 5.74) is 0. The number of nitrogens with zero attached hydrogens (tertiary/aromatic N) is 1. The van der Waals surface area contributed by atoms with Gasteiger partial charge < -0.3 is 10.1 Å². The van der Waals surface area contributed by atoms with E-state index >= 15 is 0 Å². The van der Waals surface area contributed by atoms with E-state index in [1.807, 2.05) is 0 Å². The van der Waals surface area contributed by atoms with Crippen LogP contribution < -0.4 is 5.32 Å². The third-order valence-electron chi connectivity index (χ3n) is 3.23. The first kappa shape index (κ1) is 10.4. The highest BCUT2D eigenvalue weighted by Gasteiger charge is 2.27. The van der Waals surface area contributed by atoms with Gasteiger partial charge in [-0.2, -0.15) is 0 Å². The van der Waals surface area contributed by atoms with Crippen molar-refractivity contribution in [2.45, 2.75) is 38.3 Å². The highest BCUT2D eigenvalue weighted by Crippen LogP contribution is 2.25. The Bertz CT molecular complexity index is 165. The molecule has 1 unspecified atom stereocenters. The second-order valence-electron chi connectivity index (χ2n) is 4.37. The molecule has 0 spiro atoms. The normalized spacial score (nSPS) is 27.4. The smallest absolute Gasteiger partial charge is 0.0620 e. The molecule has 2 aliphatic rings. The minimum absolute atomic E-state index is 0.618. The van der Waals surface area contributed by atoms with Gasteiger partial charge in [0.25, 0.3) is 0 Å². The molecule has 2 rings (SSSR count). The third kappa shape index (κ3) is 2.94. The van der Waals surface area contributed by atoms with Crippen LogP contribution in [-0.4, -0.2) is 49.8 Å². The molecule has 1 N–H and O–H groups in total. The highest BCUT2D eigenvalue weighted by molar-refractivity contribution is 4.84. The molecule has 82 valence electrons. The highest BCUT2D eigenvalue weighted by atomic mass is 16.5. The Hall–Kier alpha value is -0.120. The second-order valence-corrected chi connectivity index (χ2v) is 4.37. The van der Waals surface area contributed by atoms with E-state index in [9.17, 15) is 0 Å². The van der Waals surface area contributed by atoms with Crippen molar-refractivity contribution in [3.63, 3.8) is 0 Å². The van der Waals surface area contributed by atoms with E-state index in [1.54, 1.807) is 0 Å². The Morgan fingerprint density at radius 3 is 2.79 bits per heavy atom. The molecule has 0 aromatic carbocycles. The van der Waals surface area contributed by atoms with Gasteiger partial charge in [-0.1, -0.05) is 6.92 Å². The maximum Gasteiger partial charge on any atom is 0.0620 e. The Labute approximate surface area is 86.8 Å². The summed E-state index contributed by atoms with van der Waals surface area (Å²) in [7, 11) is 0. The molecule has 1 atom stereocenters. The quantitative estimate of drug-likeness (QED) is 0.685. The van der Waals surface area contributed by atoms with Gasteiger partial charge in [-0.3, -0.25) is 4.90 Å². The Morgan fingerprint density at radius 1 is 1.36 bits per heavy atom. The number of ether oxygens (including phenoxy) is 1.